The number of fused-ring (bicyclic) bond motifs is 1. The van der Waals surface area contributed by atoms with Gasteiger partial charge in [-0.1, -0.05) is 30.3 Å². The molecule has 1 aliphatic rings. The fourth-order valence-corrected chi connectivity index (χ4v) is 3.60. The minimum atomic E-state index is 0.0980. The summed E-state index contributed by atoms with van der Waals surface area (Å²) in [5.41, 5.74) is 11.5. The van der Waals surface area contributed by atoms with Crippen molar-refractivity contribution in [3.8, 4) is 0 Å². The van der Waals surface area contributed by atoms with Crippen molar-refractivity contribution < 1.29 is 0 Å². The van der Waals surface area contributed by atoms with E-state index in [0.29, 0.717) is 0 Å². The van der Waals surface area contributed by atoms with Crippen molar-refractivity contribution in [2.75, 3.05) is 18.5 Å². The Morgan fingerprint density at radius 1 is 1.19 bits per heavy atom. The van der Waals surface area contributed by atoms with E-state index in [0.717, 1.165) is 42.9 Å². The first-order valence-corrected chi connectivity index (χ1v) is 8.86. The number of likely N-dealkylation sites (N-methyl/N-ethyl adjacent to an activating group) is 1. The molecule has 0 saturated carbocycles. The molecule has 0 amide bonds. The van der Waals surface area contributed by atoms with Gasteiger partial charge in [0.1, 0.15) is 11.7 Å². The molecule has 1 aliphatic heterocycles. The van der Waals surface area contributed by atoms with E-state index < -0.39 is 0 Å². The third-order valence-electron chi connectivity index (χ3n) is 5.03. The normalized spacial score (nSPS) is 13.0. The van der Waals surface area contributed by atoms with Gasteiger partial charge in [-0.25, -0.2) is 4.98 Å². The Kier molecular flexibility index (Phi) is 4.21. The lowest BCUT2D eigenvalue weighted by Crippen LogP contribution is -2.12. The number of hydrogen-bond donors (Lipinski definition) is 2. The van der Waals surface area contributed by atoms with Crippen molar-refractivity contribution >= 4 is 11.5 Å². The standard InChI is InChI=1S/C21H23N5/c1-25-9-7-17-11-15(5-6-19(17)25)13-20-24-8-10-26(20)14-16-3-2-4-18(12-16)21(22)23/h2-6,8,10-12H,7,9,13-14H2,1H3,(H3,22,23). The molecule has 4 rings (SSSR count). The number of aromatic nitrogens is 2. The average molecular weight is 345 g/mol. The van der Waals surface area contributed by atoms with Crippen LogP contribution in [0, 0.1) is 5.41 Å². The van der Waals surface area contributed by atoms with Gasteiger partial charge in [-0.05, 0) is 35.2 Å². The quantitative estimate of drug-likeness (QED) is 0.552. The van der Waals surface area contributed by atoms with E-state index in [4.69, 9.17) is 11.1 Å². The van der Waals surface area contributed by atoms with Crippen molar-refractivity contribution in [2.24, 2.45) is 5.73 Å². The maximum Gasteiger partial charge on any atom is 0.122 e. The molecule has 2 heterocycles. The van der Waals surface area contributed by atoms with Gasteiger partial charge in [-0.3, -0.25) is 5.41 Å². The Balaban J connectivity index is 1.54. The number of nitrogens with two attached hydrogens (primary N) is 1. The highest BCUT2D eigenvalue weighted by Gasteiger charge is 2.16. The first kappa shape index (κ1) is 16.4. The van der Waals surface area contributed by atoms with Crippen molar-refractivity contribution in [3.63, 3.8) is 0 Å². The number of imidazole rings is 1. The summed E-state index contributed by atoms with van der Waals surface area (Å²) in [5.74, 6) is 1.14. The topological polar surface area (TPSA) is 70.9 Å². The Labute approximate surface area is 153 Å². The molecule has 5 heteroatoms. The van der Waals surface area contributed by atoms with Crippen molar-refractivity contribution in [3.05, 3.63) is 82.9 Å². The predicted octanol–water partition coefficient (Wildman–Crippen LogP) is 2.80. The zero-order chi connectivity index (χ0) is 18.1. The van der Waals surface area contributed by atoms with Gasteiger partial charge in [0.05, 0.1) is 0 Å². The molecule has 0 spiro atoms. The Hall–Kier alpha value is -3.08. The Morgan fingerprint density at radius 2 is 2.08 bits per heavy atom. The van der Waals surface area contributed by atoms with Crippen LogP contribution in [0.4, 0.5) is 5.69 Å². The highest BCUT2D eigenvalue weighted by molar-refractivity contribution is 5.95. The number of rotatable bonds is 5. The molecule has 132 valence electrons. The monoisotopic (exact) mass is 345 g/mol. The molecule has 1 aromatic heterocycles. The average Bonchev–Trinajstić information content (AvgIpc) is 3.22. The molecule has 0 bridgehead atoms. The minimum Gasteiger partial charge on any atom is -0.384 e. The zero-order valence-corrected chi connectivity index (χ0v) is 14.9. The van der Waals surface area contributed by atoms with Crippen LogP contribution in [-0.2, 0) is 19.4 Å². The van der Waals surface area contributed by atoms with E-state index in [-0.39, 0.29) is 5.84 Å². The lowest BCUT2D eigenvalue weighted by atomic mass is 10.1. The molecule has 0 unspecified atom stereocenters. The summed E-state index contributed by atoms with van der Waals surface area (Å²) < 4.78 is 2.17. The number of benzene rings is 2. The number of amidine groups is 1. The van der Waals surface area contributed by atoms with Crippen LogP contribution in [0.15, 0.2) is 54.9 Å². The van der Waals surface area contributed by atoms with Crippen molar-refractivity contribution in [1.82, 2.24) is 9.55 Å². The van der Waals surface area contributed by atoms with Crippen LogP contribution in [0.1, 0.15) is 28.1 Å². The lowest BCUT2D eigenvalue weighted by Gasteiger charge is -2.13. The Bertz CT molecular complexity index is 957. The lowest BCUT2D eigenvalue weighted by molar-refractivity contribution is 0.740. The summed E-state index contributed by atoms with van der Waals surface area (Å²) >= 11 is 0. The van der Waals surface area contributed by atoms with Crippen molar-refractivity contribution in [1.29, 1.82) is 5.41 Å². The van der Waals surface area contributed by atoms with Gasteiger partial charge < -0.3 is 15.2 Å². The van der Waals surface area contributed by atoms with Crippen LogP contribution in [0.2, 0.25) is 0 Å². The molecular formula is C21H23N5. The largest absolute Gasteiger partial charge is 0.384 e. The summed E-state index contributed by atoms with van der Waals surface area (Å²) in [6, 6.07) is 14.6. The maximum absolute atomic E-state index is 7.60. The van der Waals surface area contributed by atoms with Gasteiger partial charge >= 0.3 is 0 Å². The van der Waals surface area contributed by atoms with E-state index in [2.05, 4.69) is 45.8 Å². The minimum absolute atomic E-state index is 0.0980. The van der Waals surface area contributed by atoms with E-state index in [9.17, 15) is 0 Å². The molecule has 3 aromatic rings. The number of nitrogens with zero attached hydrogens (tertiary/aromatic N) is 3. The summed E-state index contributed by atoms with van der Waals surface area (Å²) in [7, 11) is 2.15. The van der Waals surface area contributed by atoms with Crippen LogP contribution in [0.25, 0.3) is 0 Å². The van der Waals surface area contributed by atoms with Gasteiger partial charge in [0.15, 0.2) is 0 Å². The first-order chi connectivity index (χ1) is 12.6. The second kappa shape index (κ2) is 6.67. The number of nitrogen functional groups attached to an aromatic ring is 1. The fourth-order valence-electron chi connectivity index (χ4n) is 3.60. The predicted molar refractivity (Wildman–Crippen MR) is 105 cm³/mol. The van der Waals surface area contributed by atoms with Crippen LogP contribution < -0.4 is 10.6 Å². The second-order valence-electron chi connectivity index (χ2n) is 6.90. The van der Waals surface area contributed by atoms with E-state index in [1.165, 1.54) is 16.8 Å². The fraction of sp³-hybridized carbons (Fsp3) is 0.238. The third-order valence-corrected chi connectivity index (χ3v) is 5.03. The van der Waals surface area contributed by atoms with Gasteiger partial charge in [-0.15, -0.1) is 0 Å². The van der Waals surface area contributed by atoms with Crippen LogP contribution in [0.5, 0.6) is 0 Å². The van der Waals surface area contributed by atoms with Gasteiger partial charge in [0.2, 0.25) is 0 Å². The second-order valence-corrected chi connectivity index (χ2v) is 6.90. The van der Waals surface area contributed by atoms with Crippen molar-refractivity contribution in [2.45, 2.75) is 19.4 Å². The summed E-state index contributed by atoms with van der Waals surface area (Å²) in [4.78, 5) is 6.87. The smallest absolute Gasteiger partial charge is 0.122 e. The molecule has 0 aliphatic carbocycles. The van der Waals surface area contributed by atoms with Gasteiger partial charge in [-0.2, -0.15) is 0 Å². The summed E-state index contributed by atoms with van der Waals surface area (Å²) in [6.45, 7) is 1.82. The third kappa shape index (κ3) is 3.20. The summed E-state index contributed by atoms with van der Waals surface area (Å²) in [6.07, 6.45) is 5.80. The molecule has 26 heavy (non-hydrogen) atoms. The van der Waals surface area contributed by atoms with E-state index in [1.54, 1.807) is 0 Å². The SMILES string of the molecule is CN1CCc2cc(Cc3nccn3Cc3cccc(C(=N)N)c3)ccc21. The van der Waals surface area contributed by atoms with E-state index in [1.807, 2.05) is 30.6 Å². The van der Waals surface area contributed by atoms with E-state index >= 15 is 0 Å². The molecule has 0 radical (unpaired) electrons. The Morgan fingerprint density at radius 3 is 2.92 bits per heavy atom. The maximum atomic E-state index is 7.60. The number of anilines is 1. The highest BCUT2D eigenvalue weighted by atomic mass is 15.1. The molecular weight excluding hydrogens is 322 g/mol. The molecule has 2 aromatic carbocycles. The zero-order valence-electron chi connectivity index (χ0n) is 14.9. The van der Waals surface area contributed by atoms with Crippen LogP contribution >= 0.6 is 0 Å². The molecule has 0 atom stereocenters. The van der Waals surface area contributed by atoms with Gasteiger partial charge in [0.25, 0.3) is 0 Å². The van der Waals surface area contributed by atoms with Gasteiger partial charge in [0, 0.05) is 50.2 Å². The molecule has 5 nitrogen and oxygen atoms in total. The van der Waals surface area contributed by atoms with Crippen LogP contribution in [0.3, 0.4) is 0 Å². The molecule has 0 saturated heterocycles. The van der Waals surface area contributed by atoms with Crippen LogP contribution in [-0.4, -0.2) is 29.0 Å². The first-order valence-electron chi connectivity index (χ1n) is 8.86. The molecule has 0 fully saturated rings. The number of hydrogen-bond acceptors (Lipinski definition) is 3. The highest BCUT2D eigenvalue weighted by Crippen LogP contribution is 2.28. The molecule has 3 N–H and O–H groups in total. The summed E-state index contributed by atoms with van der Waals surface area (Å²) in [5, 5.41) is 7.60. The number of nitrogens with one attached hydrogen (secondary N) is 1.